The standard InChI is InChI=1S/C16H12F4N2O2/c1-21-16(24)14(8-2-3-12(19)13(20)6-8)22-15(23)9-4-10(17)7-11(18)5-9/h2-7,14H,1H3,(H,21,24)(H,22,23). The Kier molecular flexibility index (Phi) is 5.18. The largest absolute Gasteiger partial charge is 0.357 e. The number of halogens is 4. The summed E-state index contributed by atoms with van der Waals surface area (Å²) in [6.45, 7) is 0. The van der Waals surface area contributed by atoms with Gasteiger partial charge in [-0.3, -0.25) is 9.59 Å². The first kappa shape index (κ1) is 17.5. The van der Waals surface area contributed by atoms with Crippen molar-refractivity contribution in [3.63, 3.8) is 0 Å². The number of hydrogen-bond acceptors (Lipinski definition) is 2. The van der Waals surface area contributed by atoms with Crippen molar-refractivity contribution in [1.29, 1.82) is 0 Å². The molecule has 0 fully saturated rings. The maximum absolute atomic E-state index is 13.4. The molecule has 2 aromatic carbocycles. The SMILES string of the molecule is CNC(=O)C(NC(=O)c1cc(F)cc(F)c1)c1ccc(F)c(F)c1. The molecule has 0 saturated carbocycles. The Labute approximate surface area is 134 Å². The molecule has 126 valence electrons. The van der Waals surface area contributed by atoms with Gasteiger partial charge in [-0.1, -0.05) is 6.07 Å². The summed E-state index contributed by atoms with van der Waals surface area (Å²) in [5.41, 5.74) is -0.387. The van der Waals surface area contributed by atoms with Crippen molar-refractivity contribution in [2.24, 2.45) is 0 Å². The predicted octanol–water partition coefficient (Wildman–Crippen LogP) is 2.46. The summed E-state index contributed by atoms with van der Waals surface area (Å²) in [5.74, 6) is -5.92. The second kappa shape index (κ2) is 7.12. The second-order valence-corrected chi connectivity index (χ2v) is 4.85. The fraction of sp³-hybridized carbons (Fsp3) is 0.125. The van der Waals surface area contributed by atoms with E-state index >= 15 is 0 Å². The molecule has 8 heteroatoms. The van der Waals surface area contributed by atoms with Crippen LogP contribution in [-0.4, -0.2) is 18.9 Å². The highest BCUT2D eigenvalue weighted by Crippen LogP contribution is 2.18. The fourth-order valence-electron chi connectivity index (χ4n) is 2.04. The highest BCUT2D eigenvalue weighted by Gasteiger charge is 2.24. The summed E-state index contributed by atoms with van der Waals surface area (Å²) in [4.78, 5) is 24.0. The van der Waals surface area contributed by atoms with E-state index in [0.29, 0.717) is 6.07 Å². The van der Waals surface area contributed by atoms with Crippen molar-refractivity contribution in [2.75, 3.05) is 7.05 Å². The van der Waals surface area contributed by atoms with Crippen LogP contribution >= 0.6 is 0 Å². The van der Waals surface area contributed by atoms with Crippen molar-refractivity contribution < 1.29 is 27.2 Å². The molecule has 0 bridgehead atoms. The van der Waals surface area contributed by atoms with Gasteiger partial charge in [-0.15, -0.1) is 0 Å². The van der Waals surface area contributed by atoms with Crippen molar-refractivity contribution in [3.8, 4) is 0 Å². The Bertz CT molecular complexity index is 775. The van der Waals surface area contributed by atoms with Gasteiger partial charge in [0.05, 0.1) is 0 Å². The minimum Gasteiger partial charge on any atom is -0.357 e. The lowest BCUT2D eigenvalue weighted by molar-refractivity contribution is -0.122. The molecule has 0 radical (unpaired) electrons. The number of amides is 2. The van der Waals surface area contributed by atoms with Crippen molar-refractivity contribution >= 4 is 11.8 Å². The van der Waals surface area contributed by atoms with Crippen LogP contribution in [0.1, 0.15) is 22.0 Å². The van der Waals surface area contributed by atoms with Gasteiger partial charge in [-0.25, -0.2) is 17.6 Å². The average molecular weight is 340 g/mol. The third kappa shape index (κ3) is 3.89. The first-order chi connectivity index (χ1) is 11.3. The van der Waals surface area contributed by atoms with Crippen molar-refractivity contribution in [1.82, 2.24) is 10.6 Å². The van der Waals surface area contributed by atoms with Gasteiger partial charge in [0.25, 0.3) is 5.91 Å². The van der Waals surface area contributed by atoms with Gasteiger partial charge in [-0.2, -0.15) is 0 Å². The van der Waals surface area contributed by atoms with Crippen LogP contribution in [0.3, 0.4) is 0 Å². The number of nitrogens with one attached hydrogen (secondary N) is 2. The third-order valence-corrected chi connectivity index (χ3v) is 3.19. The van der Waals surface area contributed by atoms with Crippen LogP contribution in [0.15, 0.2) is 36.4 Å². The van der Waals surface area contributed by atoms with Crippen LogP contribution in [0, 0.1) is 23.3 Å². The van der Waals surface area contributed by atoms with E-state index in [1.54, 1.807) is 0 Å². The number of likely N-dealkylation sites (N-methyl/N-ethyl adjacent to an activating group) is 1. The molecular formula is C16H12F4N2O2. The van der Waals surface area contributed by atoms with Crippen LogP contribution in [0.4, 0.5) is 17.6 Å². The Morgan fingerprint density at radius 3 is 2.08 bits per heavy atom. The topological polar surface area (TPSA) is 58.2 Å². The van der Waals surface area contributed by atoms with E-state index in [1.807, 2.05) is 0 Å². The van der Waals surface area contributed by atoms with Gasteiger partial charge in [-0.05, 0) is 29.8 Å². The molecular weight excluding hydrogens is 328 g/mol. The van der Waals surface area contributed by atoms with Crippen molar-refractivity contribution in [2.45, 2.75) is 6.04 Å². The summed E-state index contributed by atoms with van der Waals surface area (Å²) in [6, 6.07) is 3.45. The number of carbonyl (C=O) groups is 2. The quantitative estimate of drug-likeness (QED) is 0.840. The molecule has 1 atom stereocenters. The maximum atomic E-state index is 13.4. The summed E-state index contributed by atoms with van der Waals surface area (Å²) in [7, 11) is 1.28. The Hall–Kier alpha value is -2.90. The molecule has 2 amide bonds. The Morgan fingerprint density at radius 1 is 0.917 bits per heavy atom. The number of benzene rings is 2. The van der Waals surface area contributed by atoms with E-state index in [-0.39, 0.29) is 11.1 Å². The predicted molar refractivity (Wildman–Crippen MR) is 77.0 cm³/mol. The molecule has 0 spiro atoms. The van der Waals surface area contributed by atoms with E-state index in [2.05, 4.69) is 10.6 Å². The second-order valence-electron chi connectivity index (χ2n) is 4.85. The molecule has 4 nitrogen and oxygen atoms in total. The lowest BCUT2D eigenvalue weighted by Gasteiger charge is -2.18. The first-order valence-electron chi connectivity index (χ1n) is 6.75. The van der Waals surface area contributed by atoms with Gasteiger partial charge in [0, 0.05) is 18.7 Å². The van der Waals surface area contributed by atoms with E-state index in [9.17, 15) is 27.2 Å². The lowest BCUT2D eigenvalue weighted by atomic mass is 10.0. The maximum Gasteiger partial charge on any atom is 0.252 e. The zero-order valence-corrected chi connectivity index (χ0v) is 12.4. The molecule has 2 N–H and O–H groups in total. The van der Waals surface area contributed by atoms with E-state index in [0.717, 1.165) is 30.3 Å². The zero-order valence-electron chi connectivity index (χ0n) is 12.4. The monoisotopic (exact) mass is 340 g/mol. The van der Waals surface area contributed by atoms with Crippen molar-refractivity contribution in [3.05, 3.63) is 70.8 Å². The summed E-state index contributed by atoms with van der Waals surface area (Å²) >= 11 is 0. The Balaban J connectivity index is 2.33. The molecule has 0 heterocycles. The van der Waals surface area contributed by atoms with Crippen LogP contribution in [0.5, 0.6) is 0 Å². The van der Waals surface area contributed by atoms with Crippen LogP contribution in [0.2, 0.25) is 0 Å². The first-order valence-corrected chi connectivity index (χ1v) is 6.75. The highest BCUT2D eigenvalue weighted by molar-refractivity contribution is 5.97. The molecule has 2 aromatic rings. The van der Waals surface area contributed by atoms with Crippen LogP contribution in [-0.2, 0) is 4.79 Å². The zero-order chi connectivity index (χ0) is 17.9. The van der Waals surface area contributed by atoms with Gasteiger partial charge in [0.1, 0.15) is 17.7 Å². The average Bonchev–Trinajstić information content (AvgIpc) is 2.53. The number of carbonyl (C=O) groups excluding carboxylic acids is 2. The molecule has 24 heavy (non-hydrogen) atoms. The summed E-state index contributed by atoms with van der Waals surface area (Å²) in [5, 5.41) is 4.49. The van der Waals surface area contributed by atoms with E-state index < -0.39 is 41.1 Å². The molecule has 1 unspecified atom stereocenters. The van der Waals surface area contributed by atoms with Gasteiger partial charge < -0.3 is 10.6 Å². The van der Waals surface area contributed by atoms with Crippen LogP contribution in [0.25, 0.3) is 0 Å². The number of hydrogen-bond donors (Lipinski definition) is 2. The normalized spacial score (nSPS) is 11.7. The molecule has 0 aromatic heterocycles. The fourth-order valence-corrected chi connectivity index (χ4v) is 2.04. The van der Waals surface area contributed by atoms with Gasteiger partial charge in [0.2, 0.25) is 5.91 Å². The lowest BCUT2D eigenvalue weighted by Crippen LogP contribution is -2.39. The molecule has 0 aliphatic heterocycles. The Morgan fingerprint density at radius 2 is 1.54 bits per heavy atom. The van der Waals surface area contributed by atoms with Gasteiger partial charge in [0.15, 0.2) is 11.6 Å². The van der Waals surface area contributed by atoms with Crippen LogP contribution < -0.4 is 10.6 Å². The molecule has 0 aliphatic rings. The number of rotatable bonds is 4. The van der Waals surface area contributed by atoms with E-state index in [4.69, 9.17) is 0 Å². The molecule has 0 aliphatic carbocycles. The van der Waals surface area contributed by atoms with Gasteiger partial charge >= 0.3 is 0 Å². The molecule has 2 rings (SSSR count). The summed E-state index contributed by atoms with van der Waals surface area (Å²) in [6.07, 6.45) is 0. The smallest absolute Gasteiger partial charge is 0.252 e. The molecule has 0 saturated heterocycles. The summed E-state index contributed by atoms with van der Waals surface area (Å²) < 4.78 is 52.7. The minimum atomic E-state index is -1.37. The minimum absolute atomic E-state index is 0.0292. The third-order valence-electron chi connectivity index (χ3n) is 3.19. The van der Waals surface area contributed by atoms with E-state index in [1.165, 1.54) is 7.05 Å². The highest BCUT2D eigenvalue weighted by atomic mass is 19.2.